The molecule has 7 nitrogen and oxygen atoms in total. The van der Waals surface area contributed by atoms with Crippen LogP contribution in [0.1, 0.15) is 19.3 Å². The van der Waals surface area contributed by atoms with Gasteiger partial charge in [-0.3, -0.25) is 4.99 Å². The number of hydrogen-bond donors (Lipinski definition) is 1. The van der Waals surface area contributed by atoms with Crippen molar-refractivity contribution in [2.24, 2.45) is 4.99 Å². The maximum absolute atomic E-state index is 13.0. The zero-order valence-electron chi connectivity index (χ0n) is 15.6. The van der Waals surface area contributed by atoms with E-state index in [0.29, 0.717) is 23.6 Å². The lowest BCUT2D eigenvalue weighted by molar-refractivity contribution is -0.158. The number of rotatable bonds is 7. The minimum absolute atomic E-state index is 0.0995. The highest BCUT2D eigenvalue weighted by molar-refractivity contribution is 7.91. The lowest BCUT2D eigenvalue weighted by atomic mass is 10.2. The number of nitrogens with one attached hydrogen (secondary N) is 1. The third-order valence-electron chi connectivity index (χ3n) is 5.00. The molecule has 1 atom stereocenters. The third kappa shape index (κ3) is 4.35. The van der Waals surface area contributed by atoms with Gasteiger partial charge >= 0.3 is 0 Å². The Bertz CT molecular complexity index is 980. The number of amidine groups is 1. The molecule has 2 aliphatic rings. The van der Waals surface area contributed by atoms with Gasteiger partial charge in [-0.15, -0.1) is 0 Å². The van der Waals surface area contributed by atoms with Gasteiger partial charge in [0.1, 0.15) is 5.84 Å². The summed E-state index contributed by atoms with van der Waals surface area (Å²) in [6, 6.07) is 5.32. The SMILES string of the molecule is O=S(=O)(CCOC1CCCCO1)c1cn(CC2=NCCN2)c2ccc(Cl)cc12. The number of aliphatic imine (C=N–C) groups is 1. The summed E-state index contributed by atoms with van der Waals surface area (Å²) < 4.78 is 39.1. The van der Waals surface area contributed by atoms with Crippen molar-refractivity contribution in [2.45, 2.75) is 37.0 Å². The Balaban J connectivity index is 1.56. The highest BCUT2D eigenvalue weighted by Gasteiger charge is 2.23. The first kappa shape index (κ1) is 19.7. The van der Waals surface area contributed by atoms with Crippen LogP contribution in [0, 0.1) is 0 Å². The van der Waals surface area contributed by atoms with E-state index >= 15 is 0 Å². The number of fused-ring (bicyclic) bond motifs is 1. The average Bonchev–Trinajstić information content (AvgIpc) is 3.31. The van der Waals surface area contributed by atoms with Crippen LogP contribution in [0.3, 0.4) is 0 Å². The van der Waals surface area contributed by atoms with E-state index in [1.165, 1.54) is 0 Å². The standard InChI is InChI=1S/C19H24ClN3O4S/c20-14-4-5-16-15(11-14)17(12-23(16)13-18-21-6-7-22-18)28(24,25)10-9-27-19-3-1-2-8-26-19/h4-5,11-12,19H,1-3,6-10,13H2,(H,21,22). The second-order valence-electron chi connectivity index (χ2n) is 7.02. The molecule has 1 unspecified atom stereocenters. The number of benzene rings is 1. The number of aromatic nitrogens is 1. The summed E-state index contributed by atoms with van der Waals surface area (Å²) in [5.74, 6) is 0.756. The van der Waals surface area contributed by atoms with Crippen molar-refractivity contribution in [3.63, 3.8) is 0 Å². The minimum atomic E-state index is -3.54. The fourth-order valence-corrected chi connectivity index (χ4v) is 5.07. The smallest absolute Gasteiger partial charge is 0.182 e. The molecular weight excluding hydrogens is 402 g/mol. The maximum Gasteiger partial charge on any atom is 0.182 e. The quantitative estimate of drug-likeness (QED) is 0.737. The number of ether oxygens (including phenoxy) is 2. The van der Waals surface area contributed by atoms with Crippen molar-refractivity contribution in [1.29, 1.82) is 0 Å². The van der Waals surface area contributed by atoms with Gasteiger partial charge in [-0.1, -0.05) is 11.6 Å². The molecule has 0 bridgehead atoms. The highest BCUT2D eigenvalue weighted by Crippen LogP contribution is 2.29. The van der Waals surface area contributed by atoms with Crippen molar-refractivity contribution in [2.75, 3.05) is 32.1 Å². The molecule has 4 rings (SSSR count). The van der Waals surface area contributed by atoms with Gasteiger partial charge in [-0.25, -0.2) is 8.42 Å². The molecule has 0 saturated carbocycles. The van der Waals surface area contributed by atoms with E-state index in [4.69, 9.17) is 21.1 Å². The molecule has 0 aliphatic carbocycles. The molecule has 2 aliphatic heterocycles. The molecule has 0 spiro atoms. The van der Waals surface area contributed by atoms with Crippen LogP contribution in [0.4, 0.5) is 0 Å². The summed E-state index contributed by atoms with van der Waals surface area (Å²) >= 11 is 6.14. The van der Waals surface area contributed by atoms with Crippen LogP contribution >= 0.6 is 11.6 Å². The number of halogens is 1. The molecule has 152 valence electrons. The molecule has 3 heterocycles. The second-order valence-corrected chi connectivity index (χ2v) is 9.54. The molecule has 28 heavy (non-hydrogen) atoms. The number of sulfone groups is 1. The summed E-state index contributed by atoms with van der Waals surface area (Å²) in [6.07, 6.45) is 4.26. The Hall–Kier alpha value is -1.61. The van der Waals surface area contributed by atoms with Gasteiger partial charge in [-0.05, 0) is 37.5 Å². The summed E-state index contributed by atoms with van der Waals surface area (Å²) in [5, 5.41) is 4.35. The maximum atomic E-state index is 13.0. The van der Waals surface area contributed by atoms with Gasteiger partial charge < -0.3 is 19.4 Å². The Kier molecular flexibility index (Phi) is 5.91. The predicted octanol–water partition coefficient (Wildman–Crippen LogP) is 2.61. The lowest BCUT2D eigenvalue weighted by Gasteiger charge is -2.22. The first-order valence-electron chi connectivity index (χ1n) is 9.54. The van der Waals surface area contributed by atoms with Crippen molar-refractivity contribution < 1.29 is 17.9 Å². The van der Waals surface area contributed by atoms with Crippen molar-refractivity contribution in [3.8, 4) is 0 Å². The van der Waals surface area contributed by atoms with Gasteiger partial charge in [0, 0.05) is 35.3 Å². The lowest BCUT2D eigenvalue weighted by Crippen LogP contribution is -2.25. The van der Waals surface area contributed by atoms with E-state index in [9.17, 15) is 8.42 Å². The minimum Gasteiger partial charge on any atom is -0.370 e. The summed E-state index contributed by atoms with van der Waals surface area (Å²) in [6.45, 7) is 2.83. The largest absolute Gasteiger partial charge is 0.370 e. The fourth-order valence-electron chi connectivity index (χ4n) is 3.57. The Morgan fingerprint density at radius 1 is 1.36 bits per heavy atom. The zero-order chi connectivity index (χ0) is 19.6. The average molecular weight is 426 g/mol. The Morgan fingerprint density at radius 2 is 2.25 bits per heavy atom. The Morgan fingerprint density at radius 3 is 3.00 bits per heavy atom. The molecule has 1 fully saturated rings. The van der Waals surface area contributed by atoms with Gasteiger partial charge in [0.05, 0.1) is 30.3 Å². The highest BCUT2D eigenvalue weighted by atomic mass is 35.5. The molecule has 2 aromatic rings. The van der Waals surface area contributed by atoms with Crippen LogP contribution in [-0.2, 0) is 25.9 Å². The van der Waals surface area contributed by atoms with Crippen LogP contribution in [-0.4, -0.2) is 57.2 Å². The van der Waals surface area contributed by atoms with E-state index in [0.717, 1.165) is 43.7 Å². The fraction of sp³-hybridized carbons (Fsp3) is 0.526. The molecule has 9 heteroatoms. The van der Waals surface area contributed by atoms with Crippen molar-refractivity contribution in [1.82, 2.24) is 9.88 Å². The predicted molar refractivity (Wildman–Crippen MR) is 109 cm³/mol. The van der Waals surface area contributed by atoms with E-state index < -0.39 is 9.84 Å². The second kappa shape index (κ2) is 8.41. The third-order valence-corrected chi connectivity index (χ3v) is 6.93. The van der Waals surface area contributed by atoms with Crippen molar-refractivity contribution >= 4 is 38.2 Å². The summed E-state index contributed by atoms with van der Waals surface area (Å²) in [7, 11) is -3.54. The van der Waals surface area contributed by atoms with E-state index in [2.05, 4.69) is 10.3 Å². The first-order chi connectivity index (χ1) is 13.5. The first-order valence-corrected chi connectivity index (χ1v) is 11.6. The van der Waals surface area contributed by atoms with Crippen LogP contribution in [0.5, 0.6) is 0 Å². The van der Waals surface area contributed by atoms with Crippen LogP contribution in [0.25, 0.3) is 10.9 Å². The van der Waals surface area contributed by atoms with E-state index in [1.54, 1.807) is 18.3 Å². The van der Waals surface area contributed by atoms with Crippen LogP contribution in [0.15, 0.2) is 34.3 Å². The molecule has 0 radical (unpaired) electrons. The van der Waals surface area contributed by atoms with Gasteiger partial charge in [-0.2, -0.15) is 0 Å². The van der Waals surface area contributed by atoms with E-state index in [-0.39, 0.29) is 23.5 Å². The van der Waals surface area contributed by atoms with E-state index in [1.807, 2.05) is 10.6 Å². The molecule has 1 saturated heterocycles. The molecule has 0 amide bonds. The molecule has 1 aromatic carbocycles. The summed E-state index contributed by atoms with van der Waals surface area (Å²) in [5.41, 5.74) is 0.816. The van der Waals surface area contributed by atoms with Gasteiger partial charge in [0.25, 0.3) is 0 Å². The monoisotopic (exact) mass is 425 g/mol. The van der Waals surface area contributed by atoms with Gasteiger partial charge in [0.15, 0.2) is 16.1 Å². The van der Waals surface area contributed by atoms with Crippen LogP contribution in [0.2, 0.25) is 5.02 Å². The van der Waals surface area contributed by atoms with Crippen molar-refractivity contribution in [3.05, 3.63) is 29.4 Å². The normalized spacial score (nSPS) is 20.3. The molecule has 1 N–H and O–H groups in total. The Labute approximate surface area is 169 Å². The number of hydrogen-bond acceptors (Lipinski definition) is 6. The van der Waals surface area contributed by atoms with Crippen LogP contribution < -0.4 is 5.32 Å². The number of nitrogens with zero attached hydrogens (tertiary/aromatic N) is 2. The topological polar surface area (TPSA) is 81.9 Å². The zero-order valence-corrected chi connectivity index (χ0v) is 17.1. The molecular formula is C19H24ClN3O4S. The molecule has 1 aromatic heterocycles. The van der Waals surface area contributed by atoms with Gasteiger partial charge in [0.2, 0.25) is 0 Å². The summed E-state index contributed by atoms with van der Waals surface area (Å²) in [4.78, 5) is 4.68.